The van der Waals surface area contributed by atoms with Crippen LogP contribution in [0.25, 0.3) is 11.0 Å². The molecule has 2 aromatic rings. The molecule has 1 heterocycles. The van der Waals surface area contributed by atoms with E-state index in [0.29, 0.717) is 11.0 Å². The van der Waals surface area contributed by atoms with Gasteiger partial charge in [0.25, 0.3) is 0 Å². The second-order valence-electron chi connectivity index (χ2n) is 2.39. The third-order valence-electron chi connectivity index (χ3n) is 1.61. The molecule has 0 aliphatic carbocycles. The van der Waals surface area contributed by atoms with Crippen molar-refractivity contribution in [2.75, 3.05) is 0 Å². The van der Waals surface area contributed by atoms with Crippen LogP contribution in [-0.4, -0.2) is 9.97 Å². The van der Waals surface area contributed by atoms with Crippen molar-refractivity contribution >= 4 is 11.0 Å². The Kier molecular flexibility index (Phi) is 0.932. The Hall–Kier alpha value is -1.44. The fourth-order valence-corrected chi connectivity index (χ4v) is 1.05. The van der Waals surface area contributed by atoms with Crippen LogP contribution in [0.15, 0.2) is 30.5 Å². The van der Waals surface area contributed by atoms with Gasteiger partial charge in [-0.15, -0.1) is 0 Å². The van der Waals surface area contributed by atoms with Crippen LogP contribution >= 0.6 is 0 Å². The highest BCUT2D eigenvalue weighted by molar-refractivity contribution is 5.76. The van der Waals surface area contributed by atoms with Crippen molar-refractivity contribution < 1.29 is 2.74 Å². The van der Waals surface area contributed by atoms with Gasteiger partial charge in [-0.05, 0) is 18.6 Å². The number of benzene rings is 1. The molecule has 0 fully saturated rings. The van der Waals surface area contributed by atoms with Gasteiger partial charge in [0.05, 0.1) is 13.8 Å². The molecular formula is C9H8N2. The number of hydrogen-bond donors (Lipinski definition) is 0. The van der Waals surface area contributed by atoms with Crippen molar-refractivity contribution in [2.45, 2.75) is 6.92 Å². The summed E-state index contributed by atoms with van der Waals surface area (Å²) < 4.78 is 14.6. The molecule has 0 radical (unpaired) electrons. The lowest BCUT2D eigenvalue weighted by Crippen LogP contribution is -1.83. The number of hydrogen-bond acceptors (Lipinski definition) is 2. The first-order valence-electron chi connectivity index (χ1n) is 4.39. The Bertz CT molecular complexity index is 468. The molecule has 0 amide bonds. The number of fused-ring (bicyclic) bond motifs is 1. The molecule has 0 bridgehead atoms. The van der Waals surface area contributed by atoms with Crippen LogP contribution in [0.1, 0.15) is 8.30 Å². The predicted molar refractivity (Wildman–Crippen MR) is 44.3 cm³/mol. The van der Waals surface area contributed by atoms with E-state index in [4.69, 9.17) is 2.74 Å². The maximum atomic E-state index is 7.34. The first-order valence-corrected chi connectivity index (χ1v) is 3.39. The fraction of sp³-hybridized carbons (Fsp3) is 0.111. The van der Waals surface area contributed by atoms with Crippen LogP contribution in [0.3, 0.4) is 0 Å². The molecule has 0 saturated carbocycles. The van der Waals surface area contributed by atoms with Crippen LogP contribution in [-0.2, 0) is 0 Å². The van der Waals surface area contributed by atoms with Gasteiger partial charge >= 0.3 is 0 Å². The number of nitrogens with zero attached hydrogens (tertiary/aromatic N) is 2. The summed E-state index contributed by atoms with van der Waals surface area (Å²) in [6.45, 7) is 1.92. The molecule has 0 aliphatic rings. The lowest BCUT2D eigenvalue weighted by Gasteiger charge is -1.96. The summed E-state index contributed by atoms with van der Waals surface area (Å²) in [5.41, 5.74) is 2.38. The summed E-state index contributed by atoms with van der Waals surface area (Å²) in [5, 5.41) is 0. The average molecular weight is 146 g/mol. The van der Waals surface area contributed by atoms with Crippen LogP contribution < -0.4 is 0 Å². The number of aryl methyl sites for hydroxylation is 1. The quantitative estimate of drug-likeness (QED) is 0.567. The first-order chi connectivity index (χ1) is 6.18. The van der Waals surface area contributed by atoms with Crippen molar-refractivity contribution in [3.8, 4) is 0 Å². The van der Waals surface area contributed by atoms with Gasteiger partial charge in [0.1, 0.15) is 0 Å². The molecule has 1 aromatic heterocycles. The van der Waals surface area contributed by atoms with E-state index in [9.17, 15) is 0 Å². The average Bonchev–Trinajstić information content (AvgIpc) is 2.09. The van der Waals surface area contributed by atoms with Crippen molar-refractivity contribution in [3.05, 3.63) is 36.1 Å². The predicted octanol–water partition coefficient (Wildman–Crippen LogP) is 1.94. The monoisotopic (exact) mass is 146 g/mol. The van der Waals surface area contributed by atoms with Crippen LogP contribution in [0.4, 0.5) is 0 Å². The second-order valence-corrected chi connectivity index (χ2v) is 2.39. The maximum Gasteiger partial charge on any atom is 0.0915 e. The van der Waals surface area contributed by atoms with Gasteiger partial charge < -0.3 is 0 Å². The number of para-hydroxylation sites is 1. The third-order valence-corrected chi connectivity index (χ3v) is 1.61. The van der Waals surface area contributed by atoms with E-state index in [1.54, 1.807) is 6.07 Å². The van der Waals surface area contributed by atoms with E-state index in [2.05, 4.69) is 9.97 Å². The van der Waals surface area contributed by atoms with Crippen LogP contribution in [0.2, 0.25) is 0 Å². The minimum atomic E-state index is -0.0712. The molecule has 2 rings (SSSR count). The highest BCUT2D eigenvalue weighted by Crippen LogP contribution is 2.11. The largest absolute Gasteiger partial charge is 0.253 e. The van der Waals surface area contributed by atoms with Gasteiger partial charge in [0.15, 0.2) is 0 Å². The lowest BCUT2D eigenvalue weighted by atomic mass is 10.2. The zero-order valence-corrected chi connectivity index (χ0v) is 6.13. The molecule has 2 heteroatoms. The standard InChI is InChI=1S/C9H8N2/c1-7-3-2-4-8-9(7)11-6-5-10-8/h2-6H,1H3/i5D,6D. The van der Waals surface area contributed by atoms with Crippen molar-refractivity contribution in [1.82, 2.24) is 9.97 Å². The third kappa shape index (κ3) is 0.963. The molecule has 0 spiro atoms. The zero-order chi connectivity index (χ0) is 9.42. The maximum absolute atomic E-state index is 7.34. The Balaban J connectivity index is 2.89. The summed E-state index contributed by atoms with van der Waals surface area (Å²) in [6.07, 6.45) is -0.139. The lowest BCUT2D eigenvalue weighted by molar-refractivity contribution is 1.27. The highest BCUT2D eigenvalue weighted by atomic mass is 14.8. The summed E-state index contributed by atoms with van der Waals surface area (Å²) in [7, 11) is 0. The topological polar surface area (TPSA) is 25.8 Å². The van der Waals surface area contributed by atoms with Gasteiger partial charge in [-0.3, -0.25) is 9.97 Å². The highest BCUT2D eigenvalue weighted by Gasteiger charge is 1.95. The minimum Gasteiger partial charge on any atom is -0.253 e. The number of rotatable bonds is 0. The SMILES string of the molecule is [2H]c1nc2cccc(C)c2nc1[2H]. The molecule has 0 saturated heterocycles. The number of aromatic nitrogens is 2. The smallest absolute Gasteiger partial charge is 0.0915 e. The normalized spacial score (nSPS) is 12.8. The fourth-order valence-electron chi connectivity index (χ4n) is 1.05. The van der Waals surface area contributed by atoms with Gasteiger partial charge in [0.2, 0.25) is 0 Å². The van der Waals surface area contributed by atoms with Gasteiger partial charge in [-0.2, -0.15) is 0 Å². The van der Waals surface area contributed by atoms with Gasteiger partial charge in [0, 0.05) is 12.3 Å². The summed E-state index contributed by atoms with van der Waals surface area (Å²) in [5.74, 6) is 0. The molecule has 2 nitrogen and oxygen atoms in total. The molecule has 0 aliphatic heterocycles. The van der Waals surface area contributed by atoms with Crippen molar-refractivity contribution in [3.63, 3.8) is 0 Å². The Morgan fingerprint density at radius 1 is 1.27 bits per heavy atom. The molecule has 1 aromatic carbocycles. The van der Waals surface area contributed by atoms with Crippen molar-refractivity contribution in [2.24, 2.45) is 0 Å². The van der Waals surface area contributed by atoms with Crippen LogP contribution in [0.5, 0.6) is 0 Å². The molecule has 54 valence electrons. The van der Waals surface area contributed by atoms with E-state index < -0.39 is 0 Å². The van der Waals surface area contributed by atoms with Gasteiger partial charge in [-0.25, -0.2) is 0 Å². The molecular weight excluding hydrogens is 136 g/mol. The van der Waals surface area contributed by atoms with E-state index in [0.717, 1.165) is 5.56 Å². The van der Waals surface area contributed by atoms with Crippen molar-refractivity contribution in [1.29, 1.82) is 0 Å². The van der Waals surface area contributed by atoms with E-state index in [-0.39, 0.29) is 12.3 Å². The molecule has 11 heavy (non-hydrogen) atoms. The summed E-state index contributed by atoms with van der Waals surface area (Å²) >= 11 is 0. The minimum absolute atomic E-state index is 0.0678. The molecule has 0 N–H and O–H groups in total. The molecule has 0 atom stereocenters. The van der Waals surface area contributed by atoms with E-state index in [1.807, 2.05) is 19.1 Å². The Labute approximate surface area is 67.7 Å². The first kappa shape index (κ1) is 4.44. The summed E-state index contributed by atoms with van der Waals surface area (Å²) in [4.78, 5) is 7.94. The van der Waals surface area contributed by atoms with E-state index >= 15 is 0 Å². The second kappa shape index (κ2) is 2.31. The Morgan fingerprint density at radius 2 is 2.09 bits per heavy atom. The molecule has 0 unspecified atom stereocenters. The summed E-state index contributed by atoms with van der Waals surface area (Å²) in [6, 6.07) is 5.59. The van der Waals surface area contributed by atoms with E-state index in [1.165, 1.54) is 0 Å². The Morgan fingerprint density at radius 3 is 3.00 bits per heavy atom. The van der Waals surface area contributed by atoms with Crippen LogP contribution in [0, 0.1) is 6.92 Å². The zero-order valence-electron chi connectivity index (χ0n) is 8.13. The van der Waals surface area contributed by atoms with Gasteiger partial charge in [-0.1, -0.05) is 12.1 Å².